The van der Waals surface area contributed by atoms with E-state index in [0.29, 0.717) is 17.4 Å². The maximum atomic E-state index is 3.65. The summed E-state index contributed by atoms with van der Waals surface area (Å²) in [6.07, 6.45) is 3.80. The molecule has 0 aliphatic rings. The Hall–Kier alpha value is -0.980. The van der Waals surface area contributed by atoms with Gasteiger partial charge in [0.15, 0.2) is 0 Å². The lowest BCUT2D eigenvalue weighted by molar-refractivity contribution is 0.135. The lowest BCUT2D eigenvalue weighted by Gasteiger charge is -2.41. The van der Waals surface area contributed by atoms with Gasteiger partial charge in [0.2, 0.25) is 0 Å². The largest absolute Gasteiger partial charge is 0.382 e. The van der Waals surface area contributed by atoms with Gasteiger partial charge >= 0.3 is 0 Å². The molecule has 2 unspecified atom stereocenters. The Balaban J connectivity index is 2.74. The summed E-state index contributed by atoms with van der Waals surface area (Å²) in [5.41, 5.74) is 1.70. The van der Waals surface area contributed by atoms with Crippen molar-refractivity contribution in [1.29, 1.82) is 0 Å². The van der Waals surface area contributed by atoms with E-state index in [0.717, 1.165) is 0 Å². The standard InChI is InChI=1S/C17H29N/c1-6-17(7-2,8-3)14(4)15(5)18-16-12-10-9-11-13-16/h9-15,18H,6-8H2,1-5H3. The number of rotatable bonds is 7. The summed E-state index contributed by atoms with van der Waals surface area (Å²) < 4.78 is 0. The highest BCUT2D eigenvalue weighted by molar-refractivity contribution is 5.43. The van der Waals surface area contributed by atoms with Crippen LogP contribution in [0.4, 0.5) is 5.69 Å². The van der Waals surface area contributed by atoms with Crippen LogP contribution in [0.15, 0.2) is 30.3 Å². The maximum absolute atomic E-state index is 3.65. The van der Waals surface area contributed by atoms with Gasteiger partial charge in [-0.25, -0.2) is 0 Å². The van der Waals surface area contributed by atoms with Crippen LogP contribution in [0.5, 0.6) is 0 Å². The van der Waals surface area contributed by atoms with Crippen molar-refractivity contribution in [1.82, 2.24) is 0 Å². The summed E-state index contributed by atoms with van der Waals surface area (Å²) in [6, 6.07) is 11.0. The van der Waals surface area contributed by atoms with Gasteiger partial charge in [-0.1, -0.05) is 65.2 Å². The van der Waals surface area contributed by atoms with Crippen LogP contribution in [0.25, 0.3) is 0 Å². The molecule has 0 saturated carbocycles. The van der Waals surface area contributed by atoms with Gasteiger partial charge in [-0.3, -0.25) is 0 Å². The topological polar surface area (TPSA) is 12.0 Å². The fourth-order valence-electron chi connectivity index (χ4n) is 3.17. The third-order valence-electron chi connectivity index (χ3n) is 5.00. The molecule has 1 nitrogen and oxygen atoms in total. The molecule has 0 bridgehead atoms. The van der Waals surface area contributed by atoms with Gasteiger partial charge < -0.3 is 5.32 Å². The summed E-state index contributed by atoms with van der Waals surface area (Å²) in [6.45, 7) is 11.7. The highest BCUT2D eigenvalue weighted by Crippen LogP contribution is 2.40. The van der Waals surface area contributed by atoms with Crippen molar-refractivity contribution in [3.8, 4) is 0 Å². The second-order valence-corrected chi connectivity index (χ2v) is 5.51. The minimum Gasteiger partial charge on any atom is -0.382 e. The summed E-state index contributed by atoms with van der Waals surface area (Å²) >= 11 is 0. The molecule has 0 aliphatic carbocycles. The molecule has 2 atom stereocenters. The molecule has 102 valence electrons. The number of hydrogen-bond donors (Lipinski definition) is 1. The normalized spacial score (nSPS) is 15.2. The molecule has 0 radical (unpaired) electrons. The van der Waals surface area contributed by atoms with Crippen LogP contribution in [0.3, 0.4) is 0 Å². The summed E-state index contributed by atoms with van der Waals surface area (Å²) in [5, 5.41) is 3.65. The average molecular weight is 247 g/mol. The van der Waals surface area contributed by atoms with Crippen molar-refractivity contribution in [2.75, 3.05) is 5.32 Å². The van der Waals surface area contributed by atoms with Crippen LogP contribution < -0.4 is 5.32 Å². The van der Waals surface area contributed by atoms with Gasteiger partial charge in [-0.2, -0.15) is 0 Å². The van der Waals surface area contributed by atoms with E-state index in [2.05, 4.69) is 70.3 Å². The molecule has 1 heteroatoms. The average Bonchev–Trinajstić information content (AvgIpc) is 2.42. The summed E-state index contributed by atoms with van der Waals surface area (Å²) in [4.78, 5) is 0. The smallest absolute Gasteiger partial charge is 0.0342 e. The van der Waals surface area contributed by atoms with E-state index in [9.17, 15) is 0 Å². The highest BCUT2D eigenvalue weighted by Gasteiger charge is 2.34. The van der Waals surface area contributed by atoms with E-state index in [4.69, 9.17) is 0 Å². The molecular weight excluding hydrogens is 218 g/mol. The van der Waals surface area contributed by atoms with Crippen LogP contribution in [-0.4, -0.2) is 6.04 Å². The third-order valence-corrected chi connectivity index (χ3v) is 5.00. The summed E-state index contributed by atoms with van der Waals surface area (Å²) in [7, 11) is 0. The first-order valence-corrected chi connectivity index (χ1v) is 7.41. The first kappa shape index (κ1) is 15.1. The molecule has 1 N–H and O–H groups in total. The van der Waals surface area contributed by atoms with Gasteiger partial charge in [0.05, 0.1) is 0 Å². The number of nitrogens with one attached hydrogen (secondary N) is 1. The van der Waals surface area contributed by atoms with Crippen LogP contribution in [0.2, 0.25) is 0 Å². The second kappa shape index (κ2) is 6.82. The third kappa shape index (κ3) is 3.28. The van der Waals surface area contributed by atoms with E-state index in [-0.39, 0.29) is 0 Å². The van der Waals surface area contributed by atoms with E-state index >= 15 is 0 Å². The molecule has 0 aromatic heterocycles. The van der Waals surface area contributed by atoms with Crippen LogP contribution in [0.1, 0.15) is 53.9 Å². The Kier molecular flexibility index (Phi) is 5.71. The first-order chi connectivity index (χ1) is 8.59. The van der Waals surface area contributed by atoms with E-state index in [1.54, 1.807) is 0 Å². The molecule has 0 amide bonds. The monoisotopic (exact) mass is 247 g/mol. The molecule has 0 aliphatic heterocycles. The molecule has 1 aromatic rings. The van der Waals surface area contributed by atoms with Crippen molar-refractivity contribution < 1.29 is 0 Å². The van der Waals surface area contributed by atoms with Crippen molar-refractivity contribution in [3.63, 3.8) is 0 Å². The number of hydrogen-bond acceptors (Lipinski definition) is 1. The fraction of sp³-hybridized carbons (Fsp3) is 0.647. The van der Waals surface area contributed by atoms with E-state index in [1.165, 1.54) is 24.9 Å². The molecule has 0 fully saturated rings. The Morgan fingerprint density at radius 1 is 0.944 bits per heavy atom. The fourth-order valence-corrected chi connectivity index (χ4v) is 3.17. The zero-order chi connectivity index (χ0) is 13.6. The van der Waals surface area contributed by atoms with Crippen molar-refractivity contribution in [2.24, 2.45) is 11.3 Å². The lowest BCUT2D eigenvalue weighted by Crippen LogP contribution is -2.37. The Morgan fingerprint density at radius 3 is 1.89 bits per heavy atom. The first-order valence-electron chi connectivity index (χ1n) is 7.41. The highest BCUT2D eigenvalue weighted by atomic mass is 14.9. The zero-order valence-corrected chi connectivity index (χ0v) is 12.7. The Bertz CT molecular complexity index is 318. The van der Waals surface area contributed by atoms with Crippen LogP contribution in [0, 0.1) is 11.3 Å². The predicted molar refractivity (Wildman–Crippen MR) is 82.0 cm³/mol. The number of anilines is 1. The zero-order valence-electron chi connectivity index (χ0n) is 12.7. The van der Waals surface area contributed by atoms with Gasteiger partial charge in [-0.15, -0.1) is 0 Å². The van der Waals surface area contributed by atoms with Gasteiger partial charge in [0.1, 0.15) is 0 Å². The van der Waals surface area contributed by atoms with Gasteiger partial charge in [0.25, 0.3) is 0 Å². The Morgan fingerprint density at radius 2 is 1.44 bits per heavy atom. The summed E-state index contributed by atoms with van der Waals surface area (Å²) in [5.74, 6) is 0.678. The van der Waals surface area contributed by atoms with Gasteiger partial charge in [0, 0.05) is 11.7 Å². The molecule has 0 heterocycles. The SMILES string of the molecule is CCC(CC)(CC)C(C)C(C)Nc1ccccc1. The molecule has 0 saturated heterocycles. The molecule has 1 aromatic carbocycles. The van der Waals surface area contributed by atoms with Crippen LogP contribution >= 0.6 is 0 Å². The van der Waals surface area contributed by atoms with Crippen molar-refractivity contribution in [3.05, 3.63) is 30.3 Å². The molecule has 0 spiro atoms. The molecular formula is C17H29N. The molecule has 18 heavy (non-hydrogen) atoms. The van der Waals surface area contributed by atoms with Crippen molar-refractivity contribution in [2.45, 2.75) is 59.9 Å². The second-order valence-electron chi connectivity index (χ2n) is 5.51. The minimum atomic E-state index is 0.473. The molecule has 1 rings (SSSR count). The Labute approximate surface area is 113 Å². The number of benzene rings is 1. The van der Waals surface area contributed by atoms with Gasteiger partial charge in [-0.05, 0) is 30.4 Å². The van der Waals surface area contributed by atoms with Crippen molar-refractivity contribution >= 4 is 5.69 Å². The van der Waals surface area contributed by atoms with Crippen LogP contribution in [-0.2, 0) is 0 Å². The maximum Gasteiger partial charge on any atom is 0.0342 e. The van der Waals surface area contributed by atoms with E-state index < -0.39 is 0 Å². The van der Waals surface area contributed by atoms with E-state index in [1.807, 2.05) is 0 Å². The predicted octanol–water partition coefficient (Wildman–Crippen LogP) is 5.34. The lowest BCUT2D eigenvalue weighted by atomic mass is 9.67. The number of para-hydroxylation sites is 1. The quantitative estimate of drug-likeness (QED) is 0.686. The minimum absolute atomic E-state index is 0.473.